The van der Waals surface area contributed by atoms with Crippen LogP contribution < -0.4 is 0 Å². The molecule has 3 aromatic carbocycles. The third-order valence-corrected chi connectivity index (χ3v) is 10.7. The topological polar surface area (TPSA) is 50.2 Å². The third kappa shape index (κ3) is 7.01. The van der Waals surface area contributed by atoms with Crippen LogP contribution in [-0.2, 0) is 29.6 Å². The van der Waals surface area contributed by atoms with E-state index in [9.17, 15) is 9.90 Å². The molecule has 2 heterocycles. The van der Waals surface area contributed by atoms with Crippen LogP contribution in [0.4, 0.5) is 0 Å². The average Bonchev–Trinajstić information content (AvgIpc) is 2.96. The predicted octanol–water partition coefficient (Wildman–Crippen LogP) is 11.3. The van der Waals surface area contributed by atoms with Gasteiger partial charge in [0.25, 0.3) is 0 Å². The fraction of sp³-hybridized carbons (Fsp3) is 0.436. The number of para-hydroxylation sites is 1. The molecule has 0 unspecified atom stereocenters. The summed E-state index contributed by atoms with van der Waals surface area (Å²) < 4.78 is -0.0230. The number of allylic oxidation sites excluding steroid dienone is 2. The van der Waals surface area contributed by atoms with Crippen LogP contribution in [0.15, 0.2) is 53.1 Å². The van der Waals surface area contributed by atoms with Crippen molar-refractivity contribution in [2.75, 3.05) is 0 Å². The number of aliphatic hydroxyl groups is 1. The van der Waals surface area contributed by atoms with Gasteiger partial charge in [-0.3, -0.25) is 9.78 Å². The Hall–Kier alpha value is -2.46. The van der Waals surface area contributed by atoms with Crippen molar-refractivity contribution in [1.29, 1.82) is 0 Å². The van der Waals surface area contributed by atoms with Crippen molar-refractivity contribution in [2.45, 2.75) is 105 Å². The summed E-state index contributed by atoms with van der Waals surface area (Å²) in [4.78, 5) is 18.1. The minimum absolute atomic E-state index is 0. The summed E-state index contributed by atoms with van der Waals surface area (Å²) in [5, 5.41) is 13.5. The third-order valence-electron chi connectivity index (χ3n) is 9.30. The maximum atomic E-state index is 11.7. The van der Waals surface area contributed by atoms with Crippen LogP contribution in [-0.4, -0.2) is 15.9 Å². The molecule has 0 amide bonds. The van der Waals surface area contributed by atoms with Gasteiger partial charge in [-0.05, 0) is 58.1 Å². The average molecular weight is 787 g/mol. The van der Waals surface area contributed by atoms with Crippen molar-refractivity contribution in [3.8, 4) is 11.3 Å². The van der Waals surface area contributed by atoms with Crippen molar-refractivity contribution >= 4 is 39.2 Å². The molecule has 1 N–H and O–H groups in total. The largest absolute Gasteiger partial charge is 0.512 e. The minimum Gasteiger partial charge on any atom is -0.512 e. The fourth-order valence-electron chi connectivity index (χ4n) is 6.42. The molecule has 5 rings (SSSR count). The van der Waals surface area contributed by atoms with Gasteiger partial charge in [-0.15, -0.1) is 34.8 Å². The van der Waals surface area contributed by atoms with Gasteiger partial charge in [-0.1, -0.05) is 100 Å². The van der Waals surface area contributed by atoms with E-state index in [2.05, 4.69) is 84.0 Å². The van der Waals surface area contributed by atoms with Crippen LogP contribution in [0.2, 0.25) is 0 Å². The molecule has 0 saturated carbocycles. The first-order valence-corrected chi connectivity index (χ1v) is 16.7. The number of hydrogen-bond donors (Lipinski definition) is 1. The molecule has 237 valence electrons. The number of fused-ring (bicyclic) bond motifs is 5. The van der Waals surface area contributed by atoms with Crippen molar-refractivity contribution < 1.29 is 30.0 Å². The predicted molar refractivity (Wildman–Crippen MR) is 185 cm³/mol. The van der Waals surface area contributed by atoms with Crippen LogP contribution in [0.5, 0.6) is 0 Å². The zero-order chi connectivity index (χ0) is 31.6. The Labute approximate surface area is 282 Å². The van der Waals surface area contributed by atoms with E-state index < -0.39 is 0 Å². The minimum atomic E-state index is -0.0230. The first-order chi connectivity index (χ1) is 20.4. The number of nitrogens with zero attached hydrogens (tertiary/aromatic N) is 1. The number of pyridine rings is 1. The summed E-state index contributed by atoms with van der Waals surface area (Å²) in [5.41, 5.74) is 10.1. The molecule has 0 bridgehead atoms. The fourth-order valence-corrected chi connectivity index (χ4v) is 7.79. The monoisotopic (exact) mass is 787 g/mol. The Morgan fingerprint density at radius 1 is 0.909 bits per heavy atom. The molecular weight excluding hydrogens is 739 g/mol. The van der Waals surface area contributed by atoms with E-state index in [1.165, 1.54) is 60.5 Å². The second-order valence-corrected chi connectivity index (χ2v) is 14.2. The molecule has 1 radical (unpaired) electrons. The van der Waals surface area contributed by atoms with Crippen LogP contribution in [0.1, 0.15) is 95.0 Å². The standard InChI is InChI=1S/C26H24NS.C13H24O2.Ir/c1-14-11-18-13-21-23(16(3)20(18)12-15(14)2)26(5,6)28-25-17(4)19-9-7-8-10-22(19)27-24(21)25;1-5-10(6-2)12(14)9-13(15)11(7-3)8-4;/h7-12H,1-6H3;9-11,14H,5-8H2,1-4H3;/q-1;;/b;12-9-;. The number of aromatic nitrogens is 1. The second-order valence-electron chi connectivity index (χ2n) is 12.5. The first-order valence-electron chi connectivity index (χ1n) is 15.9. The van der Waals surface area contributed by atoms with Gasteiger partial charge >= 0.3 is 0 Å². The summed E-state index contributed by atoms with van der Waals surface area (Å²) >= 11 is 1.95. The summed E-state index contributed by atoms with van der Waals surface area (Å²) in [6.45, 7) is 21.6. The normalized spacial score (nSPS) is 13.8. The summed E-state index contributed by atoms with van der Waals surface area (Å²) in [6, 6.07) is 16.9. The van der Waals surface area contributed by atoms with E-state index in [1.54, 1.807) is 0 Å². The number of aryl methyl sites for hydroxylation is 4. The molecule has 0 spiro atoms. The van der Waals surface area contributed by atoms with E-state index in [0.717, 1.165) is 36.9 Å². The zero-order valence-electron chi connectivity index (χ0n) is 28.1. The molecule has 1 aliphatic rings. The first kappa shape index (κ1) is 36.0. The van der Waals surface area contributed by atoms with E-state index in [0.29, 0.717) is 0 Å². The smallest absolute Gasteiger partial charge is 0.162 e. The summed E-state index contributed by atoms with van der Waals surface area (Å²) in [5.74, 6) is 0.547. The maximum absolute atomic E-state index is 11.7. The van der Waals surface area contributed by atoms with E-state index >= 15 is 0 Å². The number of benzene rings is 3. The molecule has 0 saturated heterocycles. The van der Waals surface area contributed by atoms with Crippen molar-refractivity contribution in [1.82, 2.24) is 4.98 Å². The molecule has 1 aliphatic heterocycles. The number of rotatable bonds is 7. The SMILES string of the molecule is CCC(CC)C(=O)/C=C(\O)C(CC)CC.Cc1cc2[c-]c3c(c(C)c2cc1C)C(C)(C)Sc1c-3nc2ccccc2c1C.[Ir]. The van der Waals surface area contributed by atoms with E-state index in [1.807, 2.05) is 39.5 Å². The second kappa shape index (κ2) is 14.8. The van der Waals surface area contributed by atoms with Crippen LogP contribution in [0, 0.1) is 45.6 Å². The quantitative estimate of drug-likeness (QED) is 0.115. The van der Waals surface area contributed by atoms with Crippen LogP contribution in [0.25, 0.3) is 32.9 Å². The number of hydrogen-bond acceptors (Lipinski definition) is 4. The van der Waals surface area contributed by atoms with Gasteiger partial charge in [-0.2, -0.15) is 0 Å². The Balaban J connectivity index is 0.000000286. The summed E-state index contributed by atoms with van der Waals surface area (Å²) in [7, 11) is 0. The van der Waals surface area contributed by atoms with Gasteiger partial charge in [0, 0.05) is 58.7 Å². The van der Waals surface area contributed by atoms with Gasteiger partial charge in [0.1, 0.15) is 0 Å². The molecule has 44 heavy (non-hydrogen) atoms. The van der Waals surface area contributed by atoms with E-state index in [4.69, 9.17) is 4.98 Å². The molecular formula is C39H48IrNO2S-. The number of aliphatic hydroxyl groups excluding tert-OH is 1. The molecule has 1 aromatic heterocycles. The Bertz CT molecular complexity index is 1700. The van der Waals surface area contributed by atoms with E-state index in [-0.39, 0.29) is 48.2 Å². The maximum Gasteiger partial charge on any atom is 0.162 e. The molecule has 0 fully saturated rings. The molecule has 5 heteroatoms. The number of carbonyl (C=O) groups is 1. The molecule has 3 nitrogen and oxygen atoms in total. The number of carbonyl (C=O) groups excluding carboxylic acids is 1. The number of ketones is 1. The zero-order valence-corrected chi connectivity index (χ0v) is 31.3. The van der Waals surface area contributed by atoms with Crippen molar-refractivity contribution in [2.24, 2.45) is 11.8 Å². The van der Waals surface area contributed by atoms with Crippen molar-refractivity contribution in [3.05, 3.63) is 82.1 Å². The van der Waals surface area contributed by atoms with Gasteiger partial charge in [-0.25, -0.2) is 0 Å². The summed E-state index contributed by atoms with van der Waals surface area (Å²) in [6.07, 6.45) is 4.91. The Morgan fingerprint density at radius 2 is 1.50 bits per heavy atom. The number of thioether (sulfide) groups is 1. The van der Waals surface area contributed by atoms with Gasteiger partial charge in [0.05, 0.1) is 11.3 Å². The molecule has 4 aromatic rings. The van der Waals surface area contributed by atoms with Gasteiger partial charge < -0.3 is 5.11 Å². The Morgan fingerprint density at radius 3 is 2.11 bits per heavy atom. The molecule has 0 aliphatic carbocycles. The van der Waals surface area contributed by atoms with Gasteiger partial charge in [0.15, 0.2) is 5.78 Å². The van der Waals surface area contributed by atoms with Crippen LogP contribution >= 0.6 is 11.8 Å². The van der Waals surface area contributed by atoms with Crippen molar-refractivity contribution in [3.63, 3.8) is 0 Å². The van der Waals surface area contributed by atoms with Crippen LogP contribution in [0.3, 0.4) is 0 Å². The van der Waals surface area contributed by atoms with Gasteiger partial charge in [0.2, 0.25) is 0 Å². The Kier molecular flexibility index (Phi) is 12.1. The molecule has 0 atom stereocenters.